The molecule has 112 valence electrons. The lowest BCUT2D eigenvalue weighted by molar-refractivity contribution is 0.0732. The first-order valence-corrected chi connectivity index (χ1v) is 8.80. The Hall–Kier alpha value is -0.510. The van der Waals surface area contributed by atoms with Gasteiger partial charge in [0.1, 0.15) is 0 Å². The van der Waals surface area contributed by atoms with E-state index in [-0.39, 0.29) is 0 Å². The van der Waals surface area contributed by atoms with E-state index in [9.17, 15) is 5.11 Å². The zero-order valence-corrected chi connectivity index (χ0v) is 13.5. The molecule has 0 radical (unpaired) electrons. The van der Waals surface area contributed by atoms with Crippen LogP contribution in [0.4, 0.5) is 0 Å². The molecular formula is C17H27NOS. The molecule has 2 rings (SSSR count). The minimum Gasteiger partial charge on any atom is -0.389 e. The summed E-state index contributed by atoms with van der Waals surface area (Å²) in [5.74, 6) is 0.827. The van der Waals surface area contributed by atoms with Crippen LogP contribution < -0.4 is 5.32 Å². The maximum atomic E-state index is 10.4. The zero-order valence-electron chi connectivity index (χ0n) is 12.7. The summed E-state index contributed by atoms with van der Waals surface area (Å²) in [5, 5.41) is 13.9. The van der Waals surface area contributed by atoms with Crippen LogP contribution in [0.2, 0.25) is 0 Å². The van der Waals surface area contributed by atoms with Gasteiger partial charge in [0, 0.05) is 16.7 Å². The second kappa shape index (κ2) is 7.48. The SMILES string of the molecule is CCCNC(C)c1cccc(SCC2(O)CCCC2)c1. The lowest BCUT2D eigenvalue weighted by Crippen LogP contribution is -2.27. The van der Waals surface area contributed by atoms with Crippen LogP contribution >= 0.6 is 11.8 Å². The fraction of sp³-hybridized carbons (Fsp3) is 0.647. The van der Waals surface area contributed by atoms with Crippen molar-refractivity contribution in [2.75, 3.05) is 12.3 Å². The first-order valence-electron chi connectivity index (χ1n) is 7.81. The van der Waals surface area contributed by atoms with Crippen LogP contribution in [0.5, 0.6) is 0 Å². The Morgan fingerprint density at radius 1 is 1.35 bits per heavy atom. The van der Waals surface area contributed by atoms with E-state index in [1.165, 1.54) is 23.3 Å². The lowest BCUT2D eigenvalue weighted by atomic mass is 10.1. The highest BCUT2D eigenvalue weighted by molar-refractivity contribution is 7.99. The van der Waals surface area contributed by atoms with Gasteiger partial charge in [-0.15, -0.1) is 11.8 Å². The number of hydrogen-bond donors (Lipinski definition) is 2. The minimum absolute atomic E-state index is 0.394. The van der Waals surface area contributed by atoms with Gasteiger partial charge < -0.3 is 10.4 Å². The van der Waals surface area contributed by atoms with Crippen molar-refractivity contribution in [1.29, 1.82) is 0 Å². The van der Waals surface area contributed by atoms with Crippen LogP contribution in [0.25, 0.3) is 0 Å². The lowest BCUT2D eigenvalue weighted by Gasteiger charge is -2.21. The van der Waals surface area contributed by atoms with Gasteiger partial charge in [0.2, 0.25) is 0 Å². The standard InChI is InChI=1S/C17H27NOS/c1-3-11-18-14(2)15-7-6-8-16(12-15)20-13-17(19)9-4-5-10-17/h6-8,12,14,18-19H,3-5,9-11,13H2,1-2H3. The molecule has 1 fully saturated rings. The number of rotatable bonds is 7. The molecule has 20 heavy (non-hydrogen) atoms. The molecular weight excluding hydrogens is 266 g/mol. The molecule has 1 aliphatic carbocycles. The maximum Gasteiger partial charge on any atom is 0.0741 e. The van der Waals surface area contributed by atoms with Gasteiger partial charge >= 0.3 is 0 Å². The normalized spacial score (nSPS) is 19.1. The van der Waals surface area contributed by atoms with E-state index in [4.69, 9.17) is 0 Å². The average Bonchev–Trinajstić information content (AvgIpc) is 2.90. The second-order valence-electron chi connectivity index (χ2n) is 5.97. The van der Waals surface area contributed by atoms with Crippen molar-refractivity contribution in [3.8, 4) is 0 Å². The number of benzene rings is 1. The van der Waals surface area contributed by atoms with E-state index in [2.05, 4.69) is 43.4 Å². The predicted molar refractivity (Wildman–Crippen MR) is 87.3 cm³/mol. The largest absolute Gasteiger partial charge is 0.389 e. The monoisotopic (exact) mass is 293 g/mol. The molecule has 1 saturated carbocycles. The summed E-state index contributed by atoms with van der Waals surface area (Å²) < 4.78 is 0. The van der Waals surface area contributed by atoms with Crippen LogP contribution in [0.15, 0.2) is 29.2 Å². The summed E-state index contributed by atoms with van der Waals surface area (Å²) >= 11 is 1.79. The Morgan fingerprint density at radius 3 is 2.80 bits per heavy atom. The molecule has 1 atom stereocenters. The Balaban J connectivity index is 1.92. The molecule has 0 heterocycles. The summed E-state index contributed by atoms with van der Waals surface area (Å²) in [4.78, 5) is 1.27. The van der Waals surface area contributed by atoms with Crippen molar-refractivity contribution < 1.29 is 5.11 Å². The summed E-state index contributed by atoms with van der Waals surface area (Å²) in [5.41, 5.74) is 0.911. The van der Waals surface area contributed by atoms with E-state index in [0.717, 1.165) is 31.6 Å². The highest BCUT2D eigenvalue weighted by Crippen LogP contribution is 2.35. The molecule has 1 aromatic carbocycles. The van der Waals surface area contributed by atoms with E-state index >= 15 is 0 Å². The highest BCUT2D eigenvalue weighted by atomic mass is 32.2. The molecule has 2 nitrogen and oxygen atoms in total. The Labute approximate surface area is 127 Å². The van der Waals surface area contributed by atoms with Gasteiger partial charge in [-0.25, -0.2) is 0 Å². The van der Waals surface area contributed by atoms with Crippen LogP contribution in [0, 0.1) is 0 Å². The third-order valence-corrected chi connectivity index (χ3v) is 5.37. The van der Waals surface area contributed by atoms with Crippen LogP contribution in [-0.2, 0) is 0 Å². The van der Waals surface area contributed by atoms with Gasteiger partial charge in [0.05, 0.1) is 5.60 Å². The van der Waals surface area contributed by atoms with Crippen molar-refractivity contribution in [3.05, 3.63) is 29.8 Å². The molecule has 0 bridgehead atoms. The van der Waals surface area contributed by atoms with Gasteiger partial charge in [-0.1, -0.05) is 31.9 Å². The third-order valence-electron chi connectivity index (χ3n) is 4.10. The molecule has 2 N–H and O–H groups in total. The minimum atomic E-state index is -0.424. The van der Waals surface area contributed by atoms with Crippen LogP contribution in [-0.4, -0.2) is 23.0 Å². The molecule has 0 aliphatic heterocycles. The highest BCUT2D eigenvalue weighted by Gasteiger charge is 2.30. The quantitative estimate of drug-likeness (QED) is 0.741. The summed E-state index contributed by atoms with van der Waals surface area (Å²) in [6, 6.07) is 9.11. The Morgan fingerprint density at radius 2 is 2.10 bits per heavy atom. The molecule has 0 saturated heterocycles. The number of aliphatic hydroxyl groups is 1. The summed E-state index contributed by atoms with van der Waals surface area (Å²) in [7, 11) is 0. The molecule has 1 aliphatic rings. The molecule has 0 spiro atoms. The van der Waals surface area contributed by atoms with Gasteiger partial charge in [-0.2, -0.15) is 0 Å². The van der Waals surface area contributed by atoms with Crippen molar-refractivity contribution in [3.63, 3.8) is 0 Å². The average molecular weight is 293 g/mol. The topological polar surface area (TPSA) is 32.3 Å². The number of nitrogens with one attached hydrogen (secondary N) is 1. The van der Waals surface area contributed by atoms with Crippen molar-refractivity contribution >= 4 is 11.8 Å². The molecule has 1 aromatic rings. The fourth-order valence-electron chi connectivity index (χ4n) is 2.75. The fourth-order valence-corrected chi connectivity index (χ4v) is 3.87. The van der Waals surface area contributed by atoms with E-state index < -0.39 is 5.60 Å². The molecule has 0 amide bonds. The van der Waals surface area contributed by atoms with Gasteiger partial charge in [0.25, 0.3) is 0 Å². The third kappa shape index (κ3) is 4.51. The van der Waals surface area contributed by atoms with Crippen molar-refractivity contribution in [1.82, 2.24) is 5.32 Å². The second-order valence-corrected chi connectivity index (χ2v) is 7.02. The number of thioether (sulfide) groups is 1. The molecule has 0 aromatic heterocycles. The Bertz CT molecular complexity index is 415. The van der Waals surface area contributed by atoms with Gasteiger partial charge in [-0.05, 0) is 50.4 Å². The molecule has 3 heteroatoms. The maximum absolute atomic E-state index is 10.4. The predicted octanol–water partition coefficient (Wildman–Crippen LogP) is 4.14. The van der Waals surface area contributed by atoms with Gasteiger partial charge in [-0.3, -0.25) is 0 Å². The van der Waals surface area contributed by atoms with Crippen molar-refractivity contribution in [2.45, 2.75) is 62.5 Å². The van der Waals surface area contributed by atoms with Gasteiger partial charge in [0.15, 0.2) is 0 Å². The molecule has 1 unspecified atom stereocenters. The van der Waals surface area contributed by atoms with Crippen LogP contribution in [0.3, 0.4) is 0 Å². The Kier molecular flexibility index (Phi) is 5.94. The van der Waals surface area contributed by atoms with E-state index in [1.54, 1.807) is 11.8 Å². The smallest absolute Gasteiger partial charge is 0.0741 e. The zero-order chi connectivity index (χ0) is 14.4. The van der Waals surface area contributed by atoms with Crippen LogP contribution in [0.1, 0.15) is 57.6 Å². The summed E-state index contributed by atoms with van der Waals surface area (Å²) in [6.07, 6.45) is 5.44. The van der Waals surface area contributed by atoms with E-state index in [1.807, 2.05) is 0 Å². The first kappa shape index (κ1) is 15.9. The van der Waals surface area contributed by atoms with Crippen molar-refractivity contribution in [2.24, 2.45) is 0 Å². The summed E-state index contributed by atoms with van der Waals surface area (Å²) in [6.45, 7) is 5.45. The number of hydrogen-bond acceptors (Lipinski definition) is 3. The first-order chi connectivity index (χ1) is 9.63. The van der Waals surface area contributed by atoms with E-state index in [0.29, 0.717) is 6.04 Å².